The van der Waals surface area contributed by atoms with Gasteiger partial charge in [0.1, 0.15) is 0 Å². The average Bonchev–Trinajstić information content (AvgIpc) is 2.20. The minimum absolute atomic E-state index is 0.0649. The number of thiocarbonyl (C=S) groups is 1. The van der Waals surface area contributed by atoms with Crippen LogP contribution in [0.2, 0.25) is 5.02 Å². The maximum Gasteiger partial charge on any atom is 0.242 e. The molecule has 0 aliphatic rings. The fraction of sp³-hybridized carbons (Fsp3) is 0.222. The van der Waals surface area contributed by atoms with Gasteiger partial charge in [-0.25, -0.2) is 12.7 Å². The van der Waals surface area contributed by atoms with Gasteiger partial charge in [-0.3, -0.25) is 0 Å². The molecular formula is C9H12ClN3O2S2. The minimum Gasteiger partial charge on any atom is -0.376 e. The fourth-order valence-corrected chi connectivity index (χ4v) is 2.43. The van der Waals surface area contributed by atoms with E-state index in [1.807, 2.05) is 0 Å². The summed E-state index contributed by atoms with van der Waals surface area (Å²) in [6.07, 6.45) is 0. The van der Waals surface area contributed by atoms with Crippen molar-refractivity contribution in [2.24, 2.45) is 5.73 Å². The van der Waals surface area contributed by atoms with E-state index >= 15 is 0 Å². The molecule has 0 radical (unpaired) electrons. The average molecular weight is 294 g/mol. The van der Waals surface area contributed by atoms with Crippen LogP contribution in [0.5, 0.6) is 0 Å². The van der Waals surface area contributed by atoms with E-state index in [1.54, 1.807) is 0 Å². The Kier molecular flexibility index (Phi) is 4.31. The summed E-state index contributed by atoms with van der Waals surface area (Å²) in [6.45, 7) is 0. The van der Waals surface area contributed by atoms with Crippen molar-refractivity contribution in [3.05, 3.63) is 23.2 Å². The molecule has 0 saturated carbocycles. The van der Waals surface area contributed by atoms with E-state index in [2.05, 4.69) is 17.5 Å². The van der Waals surface area contributed by atoms with Crippen LogP contribution in [0.3, 0.4) is 0 Å². The lowest BCUT2D eigenvalue weighted by Crippen LogP contribution is -2.22. The summed E-state index contributed by atoms with van der Waals surface area (Å²) in [5, 5.41) is 2.95. The van der Waals surface area contributed by atoms with Gasteiger partial charge in [-0.05, 0) is 30.4 Å². The summed E-state index contributed by atoms with van der Waals surface area (Å²) >= 11 is 10.6. The maximum atomic E-state index is 11.8. The van der Waals surface area contributed by atoms with Crippen LogP contribution in [0.1, 0.15) is 0 Å². The number of nitrogens with zero attached hydrogens (tertiary/aromatic N) is 1. The molecule has 1 aromatic rings. The van der Waals surface area contributed by atoms with Gasteiger partial charge < -0.3 is 11.1 Å². The molecule has 0 aliphatic carbocycles. The van der Waals surface area contributed by atoms with Crippen LogP contribution in [0.4, 0.5) is 5.69 Å². The van der Waals surface area contributed by atoms with Crippen molar-refractivity contribution >= 4 is 44.6 Å². The molecule has 0 aliphatic heterocycles. The highest BCUT2D eigenvalue weighted by Crippen LogP contribution is 2.26. The number of sulfonamides is 1. The van der Waals surface area contributed by atoms with Crippen molar-refractivity contribution in [1.29, 1.82) is 0 Å². The lowest BCUT2D eigenvalue weighted by atomic mass is 10.3. The Labute approximate surface area is 111 Å². The number of benzene rings is 1. The highest BCUT2D eigenvalue weighted by atomic mass is 35.5. The van der Waals surface area contributed by atoms with E-state index in [1.165, 1.54) is 32.3 Å². The van der Waals surface area contributed by atoms with Crippen LogP contribution in [0, 0.1) is 0 Å². The molecule has 94 valence electrons. The third kappa shape index (κ3) is 3.29. The van der Waals surface area contributed by atoms with E-state index < -0.39 is 10.0 Å². The van der Waals surface area contributed by atoms with Gasteiger partial charge in [-0.1, -0.05) is 11.6 Å². The van der Waals surface area contributed by atoms with Crippen LogP contribution >= 0.6 is 23.8 Å². The minimum atomic E-state index is -3.49. The predicted molar refractivity (Wildman–Crippen MR) is 72.7 cm³/mol. The quantitative estimate of drug-likeness (QED) is 0.820. The van der Waals surface area contributed by atoms with Crippen LogP contribution in [0.25, 0.3) is 0 Å². The van der Waals surface area contributed by atoms with Crippen LogP contribution in [-0.2, 0) is 10.0 Å². The topological polar surface area (TPSA) is 75.4 Å². The first-order valence-electron chi connectivity index (χ1n) is 4.53. The van der Waals surface area contributed by atoms with Gasteiger partial charge in [-0.15, -0.1) is 0 Å². The first kappa shape index (κ1) is 14.2. The summed E-state index contributed by atoms with van der Waals surface area (Å²) in [5.74, 6) is 0. The molecule has 0 aromatic heterocycles. The molecule has 8 heteroatoms. The number of nitrogens with one attached hydrogen (secondary N) is 1. The van der Waals surface area contributed by atoms with Gasteiger partial charge >= 0.3 is 0 Å². The molecule has 0 spiro atoms. The molecule has 0 heterocycles. The van der Waals surface area contributed by atoms with Crippen molar-refractivity contribution in [2.75, 3.05) is 19.4 Å². The van der Waals surface area contributed by atoms with E-state index in [0.717, 1.165) is 4.31 Å². The molecule has 3 N–H and O–H groups in total. The summed E-state index contributed by atoms with van der Waals surface area (Å²) in [7, 11) is -0.590. The monoisotopic (exact) mass is 293 g/mol. The molecule has 1 rings (SSSR count). The first-order chi connectivity index (χ1) is 7.75. The second-order valence-corrected chi connectivity index (χ2v) is 6.42. The standard InChI is InChI=1S/C9H12ClN3O2S2/c1-13(2)17(14,15)6-3-4-8(7(10)5-6)12-9(11)16/h3-5H,1-2H3,(H3,11,12,16). The zero-order chi connectivity index (χ0) is 13.2. The normalized spacial score (nSPS) is 11.5. The molecule has 0 saturated heterocycles. The lowest BCUT2D eigenvalue weighted by Gasteiger charge is -2.13. The summed E-state index contributed by atoms with van der Waals surface area (Å²) in [6, 6.07) is 4.29. The van der Waals surface area contributed by atoms with Gasteiger partial charge in [0.25, 0.3) is 0 Å². The zero-order valence-electron chi connectivity index (χ0n) is 9.27. The summed E-state index contributed by atoms with van der Waals surface area (Å²) < 4.78 is 24.7. The van der Waals surface area contributed by atoms with Crippen molar-refractivity contribution in [3.63, 3.8) is 0 Å². The Morgan fingerprint density at radius 2 is 2.06 bits per heavy atom. The van der Waals surface area contributed by atoms with Gasteiger partial charge in [0.05, 0.1) is 15.6 Å². The molecule has 0 bridgehead atoms. The molecular weight excluding hydrogens is 282 g/mol. The van der Waals surface area contributed by atoms with Crippen molar-refractivity contribution in [2.45, 2.75) is 4.90 Å². The Morgan fingerprint density at radius 1 is 1.47 bits per heavy atom. The van der Waals surface area contributed by atoms with E-state index in [9.17, 15) is 8.42 Å². The fourth-order valence-electron chi connectivity index (χ4n) is 1.10. The smallest absolute Gasteiger partial charge is 0.242 e. The van der Waals surface area contributed by atoms with E-state index in [0.29, 0.717) is 5.69 Å². The summed E-state index contributed by atoms with van der Waals surface area (Å²) in [5.41, 5.74) is 5.77. The predicted octanol–water partition coefficient (Wildman–Crippen LogP) is 1.25. The Bertz CT molecular complexity index is 543. The molecule has 1 aromatic carbocycles. The molecule has 0 unspecified atom stereocenters. The zero-order valence-corrected chi connectivity index (χ0v) is 11.7. The van der Waals surface area contributed by atoms with Crippen LogP contribution < -0.4 is 11.1 Å². The molecule has 17 heavy (non-hydrogen) atoms. The second kappa shape index (κ2) is 5.18. The summed E-state index contributed by atoms with van der Waals surface area (Å²) in [4.78, 5) is 0.112. The number of halogens is 1. The Morgan fingerprint density at radius 3 is 2.47 bits per heavy atom. The first-order valence-corrected chi connectivity index (χ1v) is 6.76. The molecule has 0 amide bonds. The highest BCUT2D eigenvalue weighted by Gasteiger charge is 2.18. The van der Waals surface area contributed by atoms with Gasteiger partial charge in [0, 0.05) is 14.1 Å². The van der Waals surface area contributed by atoms with E-state index in [-0.39, 0.29) is 15.0 Å². The molecule has 0 fully saturated rings. The third-order valence-corrected chi connectivity index (χ3v) is 4.20. The number of anilines is 1. The van der Waals surface area contributed by atoms with E-state index in [4.69, 9.17) is 17.3 Å². The largest absolute Gasteiger partial charge is 0.376 e. The molecule has 5 nitrogen and oxygen atoms in total. The Balaban J connectivity index is 3.18. The number of hydrogen-bond acceptors (Lipinski definition) is 3. The van der Waals surface area contributed by atoms with Gasteiger partial charge in [-0.2, -0.15) is 0 Å². The highest BCUT2D eigenvalue weighted by molar-refractivity contribution is 7.89. The SMILES string of the molecule is CN(C)S(=O)(=O)c1ccc(NC(N)=S)c(Cl)c1. The Hall–Kier alpha value is -0.890. The number of nitrogens with two attached hydrogens (primary N) is 1. The van der Waals surface area contributed by atoms with Gasteiger partial charge in [0.2, 0.25) is 10.0 Å². The van der Waals surface area contributed by atoms with Crippen molar-refractivity contribution in [1.82, 2.24) is 4.31 Å². The van der Waals surface area contributed by atoms with Crippen molar-refractivity contribution < 1.29 is 8.42 Å². The van der Waals surface area contributed by atoms with Crippen LogP contribution in [-0.4, -0.2) is 31.9 Å². The van der Waals surface area contributed by atoms with Crippen molar-refractivity contribution in [3.8, 4) is 0 Å². The molecule has 0 atom stereocenters. The van der Waals surface area contributed by atoms with Gasteiger partial charge in [0.15, 0.2) is 5.11 Å². The number of hydrogen-bond donors (Lipinski definition) is 2. The lowest BCUT2D eigenvalue weighted by molar-refractivity contribution is 0.521. The van der Waals surface area contributed by atoms with Crippen LogP contribution in [0.15, 0.2) is 23.1 Å². The maximum absolute atomic E-state index is 11.8. The second-order valence-electron chi connectivity index (χ2n) is 3.42. The third-order valence-electron chi connectivity index (χ3n) is 1.98. The number of rotatable bonds is 3.